The van der Waals surface area contributed by atoms with E-state index in [1.165, 1.54) is 0 Å². The van der Waals surface area contributed by atoms with Gasteiger partial charge in [-0.25, -0.2) is 0 Å². The molecule has 5 nitrogen and oxygen atoms in total. The van der Waals surface area contributed by atoms with Gasteiger partial charge in [-0.2, -0.15) is 16.3 Å². The van der Waals surface area contributed by atoms with Gasteiger partial charge in [-0.15, -0.1) is 0 Å². The second-order valence-electron chi connectivity index (χ2n) is 8.63. The lowest BCUT2D eigenvalue weighted by atomic mass is 9.78. The van der Waals surface area contributed by atoms with Gasteiger partial charge in [0, 0.05) is 17.5 Å². The molecule has 1 amide bonds. The fourth-order valence-corrected chi connectivity index (χ4v) is 5.01. The van der Waals surface area contributed by atoms with Crippen molar-refractivity contribution in [3.63, 3.8) is 0 Å². The van der Waals surface area contributed by atoms with Crippen LogP contribution in [0.15, 0.2) is 21.3 Å². The number of amides is 1. The van der Waals surface area contributed by atoms with E-state index in [1.807, 2.05) is 16.8 Å². The van der Waals surface area contributed by atoms with Crippen molar-refractivity contribution >= 4 is 17.2 Å². The Kier molecular flexibility index (Phi) is 4.18. The van der Waals surface area contributed by atoms with Gasteiger partial charge in [0.1, 0.15) is 0 Å². The molecule has 0 aromatic carbocycles. The van der Waals surface area contributed by atoms with Gasteiger partial charge in [-0.3, -0.25) is 4.79 Å². The molecule has 2 bridgehead atoms. The molecule has 2 aliphatic carbocycles. The maximum atomic E-state index is 12.9. The minimum atomic E-state index is -0.0307. The summed E-state index contributed by atoms with van der Waals surface area (Å²) in [6.07, 6.45) is 3.41. The third-order valence-electron chi connectivity index (χ3n) is 5.52. The molecule has 0 radical (unpaired) electrons. The van der Waals surface area contributed by atoms with E-state index in [0.717, 1.165) is 24.8 Å². The van der Waals surface area contributed by atoms with Gasteiger partial charge in [0.2, 0.25) is 17.6 Å². The van der Waals surface area contributed by atoms with Gasteiger partial charge in [0.25, 0.3) is 0 Å². The van der Waals surface area contributed by atoms with Crippen molar-refractivity contribution in [3.8, 4) is 11.4 Å². The van der Waals surface area contributed by atoms with Gasteiger partial charge in [-0.05, 0) is 48.0 Å². The molecule has 4 rings (SSSR count). The zero-order valence-electron chi connectivity index (χ0n) is 15.0. The summed E-state index contributed by atoms with van der Waals surface area (Å²) in [5, 5.41) is 11.3. The highest BCUT2D eigenvalue weighted by molar-refractivity contribution is 7.08. The molecule has 1 N–H and O–H groups in total. The van der Waals surface area contributed by atoms with Crippen molar-refractivity contribution in [2.45, 2.75) is 46.0 Å². The van der Waals surface area contributed by atoms with Crippen molar-refractivity contribution in [2.75, 3.05) is 6.54 Å². The van der Waals surface area contributed by atoms with E-state index in [-0.39, 0.29) is 23.2 Å². The number of nitrogens with one attached hydrogen (secondary N) is 1. The van der Waals surface area contributed by atoms with Crippen LogP contribution in [-0.4, -0.2) is 22.6 Å². The number of rotatable bonds is 4. The molecule has 25 heavy (non-hydrogen) atoms. The van der Waals surface area contributed by atoms with Crippen LogP contribution < -0.4 is 5.32 Å². The van der Waals surface area contributed by atoms with Crippen LogP contribution in [-0.2, 0) is 4.79 Å². The van der Waals surface area contributed by atoms with Crippen LogP contribution in [0.3, 0.4) is 0 Å². The number of hydrogen-bond acceptors (Lipinski definition) is 5. The average Bonchev–Trinajstić information content (AvgIpc) is 3.34. The largest absolute Gasteiger partial charge is 0.355 e. The number of nitrogens with zero attached hydrogens (tertiary/aromatic N) is 2. The minimum absolute atomic E-state index is 0.0307. The molecule has 134 valence electrons. The van der Waals surface area contributed by atoms with Crippen LogP contribution in [0.4, 0.5) is 0 Å². The molecule has 2 aliphatic rings. The van der Waals surface area contributed by atoms with E-state index in [4.69, 9.17) is 4.52 Å². The van der Waals surface area contributed by atoms with Crippen molar-refractivity contribution in [1.82, 2.24) is 15.5 Å². The first-order valence-corrected chi connectivity index (χ1v) is 10.0. The maximum Gasteiger partial charge on any atom is 0.231 e. The van der Waals surface area contributed by atoms with E-state index in [2.05, 4.69) is 36.2 Å². The topological polar surface area (TPSA) is 68.0 Å². The molecule has 0 unspecified atom stereocenters. The SMILES string of the molecule is CC(C)(C)CNC(=O)[C@H]1[C@H]2CC[C@H](C2)[C@@H]1c1nc(-c2ccsc2)no1. The Balaban J connectivity index is 1.56. The number of carbonyl (C=O) groups excluding carboxylic acids is 1. The fourth-order valence-electron chi connectivity index (χ4n) is 4.37. The van der Waals surface area contributed by atoms with E-state index < -0.39 is 0 Å². The lowest BCUT2D eigenvalue weighted by Gasteiger charge is -2.29. The Morgan fingerprint density at radius 1 is 1.36 bits per heavy atom. The summed E-state index contributed by atoms with van der Waals surface area (Å²) >= 11 is 1.62. The third-order valence-corrected chi connectivity index (χ3v) is 6.20. The van der Waals surface area contributed by atoms with E-state index in [1.54, 1.807) is 11.3 Å². The summed E-state index contributed by atoms with van der Waals surface area (Å²) in [5.74, 6) is 2.41. The Labute approximate surface area is 152 Å². The zero-order chi connectivity index (χ0) is 17.6. The molecule has 2 aromatic rings. The van der Waals surface area contributed by atoms with Crippen LogP contribution in [0.5, 0.6) is 0 Å². The second kappa shape index (κ2) is 6.24. The minimum Gasteiger partial charge on any atom is -0.355 e. The van der Waals surface area contributed by atoms with Crippen LogP contribution in [0.2, 0.25) is 0 Å². The lowest BCUT2D eigenvalue weighted by Crippen LogP contribution is -2.41. The standard InChI is InChI=1S/C19H25N3O2S/c1-19(2,3)10-20-17(23)14-11-4-5-12(8-11)15(14)18-21-16(22-24-18)13-6-7-25-9-13/h6-7,9,11-12,14-15H,4-5,8,10H2,1-3H3,(H,20,23)/t11-,12+,14-,15-/m0/s1. The molecule has 2 fully saturated rings. The quantitative estimate of drug-likeness (QED) is 0.893. The monoisotopic (exact) mass is 359 g/mol. The van der Waals surface area contributed by atoms with Gasteiger partial charge in [0.15, 0.2) is 0 Å². The number of aromatic nitrogens is 2. The van der Waals surface area contributed by atoms with Crippen molar-refractivity contribution in [1.29, 1.82) is 0 Å². The molecule has 6 heteroatoms. The maximum absolute atomic E-state index is 12.9. The molecule has 0 aliphatic heterocycles. The van der Waals surface area contributed by atoms with E-state index in [0.29, 0.717) is 30.1 Å². The summed E-state index contributed by atoms with van der Waals surface area (Å²) in [6.45, 7) is 7.10. The molecular weight excluding hydrogens is 334 g/mol. The Bertz CT molecular complexity index is 747. The van der Waals surface area contributed by atoms with Crippen molar-refractivity contribution in [2.24, 2.45) is 23.2 Å². The summed E-state index contributed by atoms with van der Waals surface area (Å²) in [7, 11) is 0. The molecular formula is C19H25N3O2S. The first kappa shape index (κ1) is 16.8. The predicted molar refractivity (Wildman–Crippen MR) is 97.1 cm³/mol. The predicted octanol–water partition coefficient (Wildman–Crippen LogP) is 4.09. The van der Waals surface area contributed by atoms with Crippen LogP contribution >= 0.6 is 11.3 Å². The number of carbonyl (C=O) groups is 1. The van der Waals surface area contributed by atoms with E-state index >= 15 is 0 Å². The van der Waals surface area contributed by atoms with Crippen LogP contribution in [0, 0.1) is 23.2 Å². The van der Waals surface area contributed by atoms with Crippen molar-refractivity contribution < 1.29 is 9.32 Å². The normalized spacial score (nSPS) is 28.4. The molecule has 4 atom stereocenters. The molecule has 2 saturated carbocycles. The Morgan fingerprint density at radius 2 is 2.16 bits per heavy atom. The molecule has 0 saturated heterocycles. The number of fused-ring (bicyclic) bond motifs is 2. The second-order valence-corrected chi connectivity index (χ2v) is 9.41. The fraction of sp³-hybridized carbons (Fsp3) is 0.632. The molecule has 0 spiro atoms. The Morgan fingerprint density at radius 3 is 2.88 bits per heavy atom. The van der Waals surface area contributed by atoms with Crippen LogP contribution in [0.1, 0.15) is 51.8 Å². The van der Waals surface area contributed by atoms with E-state index in [9.17, 15) is 4.79 Å². The smallest absolute Gasteiger partial charge is 0.231 e. The highest BCUT2D eigenvalue weighted by atomic mass is 32.1. The van der Waals surface area contributed by atoms with Crippen LogP contribution in [0.25, 0.3) is 11.4 Å². The third kappa shape index (κ3) is 3.24. The average molecular weight is 359 g/mol. The van der Waals surface area contributed by atoms with Gasteiger partial charge in [0.05, 0.1) is 11.8 Å². The molecule has 2 heterocycles. The highest BCUT2D eigenvalue weighted by Crippen LogP contribution is 2.56. The summed E-state index contributed by atoms with van der Waals surface area (Å²) in [6, 6.07) is 1.99. The zero-order valence-corrected chi connectivity index (χ0v) is 15.8. The highest BCUT2D eigenvalue weighted by Gasteiger charge is 2.53. The summed E-state index contributed by atoms with van der Waals surface area (Å²) < 4.78 is 5.61. The van der Waals surface area contributed by atoms with Crippen molar-refractivity contribution in [3.05, 3.63) is 22.7 Å². The number of hydrogen-bond donors (Lipinski definition) is 1. The summed E-state index contributed by atoms with van der Waals surface area (Å²) in [5.41, 5.74) is 1.07. The Hall–Kier alpha value is -1.69. The van der Waals surface area contributed by atoms with Gasteiger partial charge < -0.3 is 9.84 Å². The van der Waals surface area contributed by atoms with Gasteiger partial charge in [-0.1, -0.05) is 25.9 Å². The molecule has 2 aromatic heterocycles. The summed E-state index contributed by atoms with van der Waals surface area (Å²) in [4.78, 5) is 17.5. The first-order valence-electron chi connectivity index (χ1n) is 9.06. The number of thiophene rings is 1. The van der Waals surface area contributed by atoms with Gasteiger partial charge >= 0.3 is 0 Å². The first-order chi connectivity index (χ1) is 11.9. The lowest BCUT2D eigenvalue weighted by molar-refractivity contribution is -0.127.